The summed E-state index contributed by atoms with van der Waals surface area (Å²) in [6.45, 7) is 5.07. The van der Waals surface area contributed by atoms with Crippen molar-refractivity contribution in [2.75, 3.05) is 23.3 Å². The van der Waals surface area contributed by atoms with Gasteiger partial charge in [0.05, 0.1) is 0 Å². The van der Waals surface area contributed by atoms with E-state index in [9.17, 15) is 0 Å². The molecular formula is C18H23N3. The van der Waals surface area contributed by atoms with Crippen molar-refractivity contribution in [2.45, 2.75) is 32.7 Å². The summed E-state index contributed by atoms with van der Waals surface area (Å²) in [7, 11) is 0. The van der Waals surface area contributed by atoms with Gasteiger partial charge in [0.2, 0.25) is 0 Å². The number of nitrogens with zero attached hydrogens (tertiary/aromatic N) is 2. The minimum Gasteiger partial charge on any atom is -0.370 e. The molecule has 1 aromatic heterocycles. The molecule has 3 rings (SSSR count). The number of pyridine rings is 1. The van der Waals surface area contributed by atoms with E-state index in [0.717, 1.165) is 25.5 Å². The number of benzene rings is 1. The first kappa shape index (κ1) is 13.9. The molecule has 0 amide bonds. The Morgan fingerprint density at radius 2 is 2.05 bits per heavy atom. The lowest BCUT2D eigenvalue weighted by Crippen LogP contribution is -2.23. The lowest BCUT2D eigenvalue weighted by Gasteiger charge is -2.25. The number of hydrogen-bond donors (Lipinski definition) is 1. The number of rotatable bonds is 4. The fourth-order valence-corrected chi connectivity index (χ4v) is 2.96. The van der Waals surface area contributed by atoms with Crippen LogP contribution in [0.2, 0.25) is 0 Å². The first-order valence-corrected chi connectivity index (χ1v) is 7.88. The zero-order chi connectivity index (χ0) is 14.5. The van der Waals surface area contributed by atoms with Gasteiger partial charge in [0.15, 0.2) is 0 Å². The average Bonchev–Trinajstić information content (AvgIpc) is 2.72. The topological polar surface area (TPSA) is 28.2 Å². The molecule has 1 aliphatic heterocycles. The Bertz CT molecular complexity index is 577. The van der Waals surface area contributed by atoms with E-state index in [2.05, 4.69) is 58.5 Å². The molecule has 0 bridgehead atoms. The van der Waals surface area contributed by atoms with Crippen molar-refractivity contribution < 1.29 is 0 Å². The lowest BCUT2D eigenvalue weighted by molar-refractivity contribution is 0.714. The summed E-state index contributed by atoms with van der Waals surface area (Å²) < 4.78 is 0. The van der Waals surface area contributed by atoms with Crippen molar-refractivity contribution >= 4 is 11.5 Å². The molecule has 1 aromatic carbocycles. The monoisotopic (exact) mass is 281 g/mol. The fourth-order valence-electron chi connectivity index (χ4n) is 2.96. The van der Waals surface area contributed by atoms with Gasteiger partial charge in [-0.3, -0.25) is 0 Å². The smallest absolute Gasteiger partial charge is 0.125 e. The third kappa shape index (κ3) is 3.35. The number of aromatic nitrogens is 1. The first-order valence-electron chi connectivity index (χ1n) is 7.88. The highest BCUT2D eigenvalue weighted by molar-refractivity contribution is 5.54. The normalized spacial score (nSPS) is 14.4. The fraction of sp³-hybridized carbons (Fsp3) is 0.389. The summed E-state index contributed by atoms with van der Waals surface area (Å²) in [5.74, 6) is 0.956. The molecule has 0 spiro atoms. The molecule has 0 radical (unpaired) electrons. The molecule has 2 aromatic rings. The van der Waals surface area contributed by atoms with E-state index in [1.165, 1.54) is 36.1 Å². The highest BCUT2D eigenvalue weighted by atomic mass is 15.1. The van der Waals surface area contributed by atoms with Gasteiger partial charge in [-0.15, -0.1) is 0 Å². The molecule has 0 aliphatic carbocycles. The number of para-hydroxylation sites is 1. The third-order valence-electron chi connectivity index (χ3n) is 4.01. The Morgan fingerprint density at radius 1 is 1.14 bits per heavy atom. The van der Waals surface area contributed by atoms with Gasteiger partial charge in [0.1, 0.15) is 5.82 Å². The Hall–Kier alpha value is -2.03. The number of anilines is 2. The Kier molecular flexibility index (Phi) is 4.39. The minimum absolute atomic E-state index is 0.909. The van der Waals surface area contributed by atoms with Gasteiger partial charge >= 0.3 is 0 Å². The second-order valence-corrected chi connectivity index (χ2v) is 5.59. The Labute approximate surface area is 127 Å². The predicted octanol–water partition coefficient (Wildman–Crippen LogP) is 3.86. The van der Waals surface area contributed by atoms with Crippen LogP contribution in [0.1, 0.15) is 30.9 Å². The lowest BCUT2D eigenvalue weighted by atomic mass is 10.1. The molecule has 21 heavy (non-hydrogen) atoms. The van der Waals surface area contributed by atoms with E-state index in [1.54, 1.807) is 0 Å². The van der Waals surface area contributed by atoms with Crippen LogP contribution in [0.4, 0.5) is 11.5 Å². The first-order chi connectivity index (χ1) is 10.4. The molecule has 0 unspecified atom stereocenters. The molecule has 110 valence electrons. The second-order valence-electron chi connectivity index (χ2n) is 5.59. The van der Waals surface area contributed by atoms with Crippen LogP contribution in [0, 0.1) is 0 Å². The number of hydrogen-bond acceptors (Lipinski definition) is 3. The SMILES string of the molecule is CCNc1ccc(CN2CCCCc3ccccc32)cn1. The maximum absolute atomic E-state index is 4.48. The number of nitrogens with one attached hydrogen (secondary N) is 1. The van der Waals surface area contributed by atoms with Crippen molar-refractivity contribution in [1.82, 2.24) is 4.98 Å². The largest absolute Gasteiger partial charge is 0.370 e. The molecule has 0 atom stereocenters. The van der Waals surface area contributed by atoms with E-state index in [4.69, 9.17) is 0 Å². The van der Waals surface area contributed by atoms with Gasteiger partial charge in [-0.2, -0.15) is 0 Å². The summed E-state index contributed by atoms with van der Waals surface area (Å²) >= 11 is 0. The Balaban J connectivity index is 1.77. The summed E-state index contributed by atoms with van der Waals surface area (Å²) in [6.07, 6.45) is 5.73. The van der Waals surface area contributed by atoms with Crippen LogP contribution in [0.5, 0.6) is 0 Å². The zero-order valence-corrected chi connectivity index (χ0v) is 12.7. The molecule has 3 heteroatoms. The molecule has 0 saturated heterocycles. The second kappa shape index (κ2) is 6.61. The standard InChI is InChI=1S/C18H23N3/c1-2-19-18-11-10-15(13-20-18)14-21-12-6-5-8-16-7-3-4-9-17(16)21/h3-4,7,9-11,13H,2,5-6,8,12,14H2,1H3,(H,19,20). The van der Waals surface area contributed by atoms with Crippen LogP contribution in [-0.2, 0) is 13.0 Å². The highest BCUT2D eigenvalue weighted by Gasteiger charge is 2.14. The predicted molar refractivity (Wildman–Crippen MR) is 88.8 cm³/mol. The van der Waals surface area contributed by atoms with Crippen LogP contribution in [0.15, 0.2) is 42.6 Å². The number of fused-ring (bicyclic) bond motifs is 1. The van der Waals surface area contributed by atoms with Crippen LogP contribution < -0.4 is 10.2 Å². The van der Waals surface area contributed by atoms with Crippen LogP contribution in [-0.4, -0.2) is 18.1 Å². The van der Waals surface area contributed by atoms with Crippen molar-refractivity contribution in [1.29, 1.82) is 0 Å². The average molecular weight is 281 g/mol. The maximum Gasteiger partial charge on any atom is 0.125 e. The van der Waals surface area contributed by atoms with Crippen molar-refractivity contribution in [3.8, 4) is 0 Å². The Morgan fingerprint density at radius 3 is 2.86 bits per heavy atom. The molecular weight excluding hydrogens is 258 g/mol. The van der Waals surface area contributed by atoms with E-state index in [1.807, 2.05) is 6.20 Å². The molecule has 3 nitrogen and oxygen atoms in total. The van der Waals surface area contributed by atoms with Gasteiger partial charge in [-0.25, -0.2) is 4.98 Å². The van der Waals surface area contributed by atoms with Crippen LogP contribution in [0.25, 0.3) is 0 Å². The van der Waals surface area contributed by atoms with Crippen LogP contribution >= 0.6 is 0 Å². The van der Waals surface area contributed by atoms with Crippen molar-refractivity contribution in [2.24, 2.45) is 0 Å². The van der Waals surface area contributed by atoms with E-state index >= 15 is 0 Å². The van der Waals surface area contributed by atoms with Crippen molar-refractivity contribution in [3.63, 3.8) is 0 Å². The van der Waals surface area contributed by atoms with Crippen molar-refractivity contribution in [3.05, 3.63) is 53.7 Å². The van der Waals surface area contributed by atoms with Gasteiger partial charge in [0.25, 0.3) is 0 Å². The van der Waals surface area contributed by atoms with Crippen LogP contribution in [0.3, 0.4) is 0 Å². The molecule has 2 heterocycles. The summed E-state index contributed by atoms with van der Waals surface area (Å²) in [4.78, 5) is 6.97. The molecule has 1 N–H and O–H groups in total. The molecule has 1 aliphatic rings. The quantitative estimate of drug-likeness (QED) is 0.922. The minimum atomic E-state index is 0.909. The maximum atomic E-state index is 4.48. The van der Waals surface area contributed by atoms with E-state index in [0.29, 0.717) is 0 Å². The van der Waals surface area contributed by atoms with Gasteiger partial charge in [-0.1, -0.05) is 24.3 Å². The van der Waals surface area contributed by atoms with Gasteiger partial charge < -0.3 is 10.2 Å². The third-order valence-corrected chi connectivity index (χ3v) is 4.01. The summed E-state index contributed by atoms with van der Waals surface area (Å²) in [5, 5.41) is 3.24. The van der Waals surface area contributed by atoms with E-state index < -0.39 is 0 Å². The highest BCUT2D eigenvalue weighted by Crippen LogP contribution is 2.27. The summed E-state index contributed by atoms with van der Waals surface area (Å²) in [6, 6.07) is 13.1. The molecule has 0 fully saturated rings. The van der Waals surface area contributed by atoms with Gasteiger partial charge in [0, 0.05) is 31.5 Å². The summed E-state index contributed by atoms with van der Waals surface area (Å²) in [5.41, 5.74) is 4.14. The molecule has 0 saturated carbocycles. The number of aryl methyl sites for hydroxylation is 1. The zero-order valence-electron chi connectivity index (χ0n) is 12.7. The van der Waals surface area contributed by atoms with E-state index in [-0.39, 0.29) is 0 Å². The van der Waals surface area contributed by atoms with Gasteiger partial charge in [-0.05, 0) is 49.4 Å².